The molecule has 2 rings (SSSR count). The van der Waals surface area contributed by atoms with Gasteiger partial charge in [0.05, 0.1) is 6.42 Å². The van der Waals surface area contributed by atoms with Crippen molar-refractivity contribution in [3.8, 4) is 0 Å². The molecule has 2 nitrogen and oxygen atoms in total. The highest BCUT2D eigenvalue weighted by Gasteiger charge is 2.25. The Morgan fingerprint density at radius 1 is 1.43 bits per heavy atom. The van der Waals surface area contributed by atoms with Gasteiger partial charge in [-0.3, -0.25) is 4.79 Å². The molecular formula is C12H15NO. The quantitative estimate of drug-likeness (QED) is 0.699. The predicted molar refractivity (Wildman–Crippen MR) is 57.5 cm³/mol. The zero-order valence-electron chi connectivity index (χ0n) is 8.71. The van der Waals surface area contributed by atoms with E-state index in [9.17, 15) is 4.79 Å². The highest BCUT2D eigenvalue weighted by molar-refractivity contribution is 6.01. The van der Waals surface area contributed by atoms with E-state index in [2.05, 4.69) is 32.0 Å². The number of hydrogen-bond donors (Lipinski definition) is 0. The largest absolute Gasteiger partial charge is 0.312 e. The molecule has 0 bridgehead atoms. The maximum atomic E-state index is 11.7. The van der Waals surface area contributed by atoms with Crippen LogP contribution in [0.15, 0.2) is 18.2 Å². The Hall–Kier alpha value is -1.31. The lowest BCUT2D eigenvalue weighted by atomic mass is 10.1. The Kier molecular flexibility index (Phi) is 2.28. The number of aryl methyl sites for hydroxylation is 1. The van der Waals surface area contributed by atoms with Crippen molar-refractivity contribution < 1.29 is 4.79 Å². The van der Waals surface area contributed by atoms with E-state index in [1.165, 1.54) is 11.1 Å². The summed E-state index contributed by atoms with van der Waals surface area (Å²) in [6.07, 6.45) is 1.59. The standard InChI is InChI=1S/C12H15NO/c1-3-6-13-11-5-4-9(2)7-10(11)8-12(13)14/h4-5,7H,3,6,8H2,1-2H3. The van der Waals surface area contributed by atoms with Crippen LogP contribution in [-0.2, 0) is 11.2 Å². The minimum absolute atomic E-state index is 0.243. The zero-order valence-corrected chi connectivity index (χ0v) is 8.71. The Morgan fingerprint density at radius 2 is 2.21 bits per heavy atom. The van der Waals surface area contributed by atoms with Crippen LogP contribution in [-0.4, -0.2) is 12.5 Å². The van der Waals surface area contributed by atoms with Gasteiger partial charge in [0.15, 0.2) is 0 Å². The fourth-order valence-electron chi connectivity index (χ4n) is 1.98. The second kappa shape index (κ2) is 3.45. The number of amides is 1. The maximum Gasteiger partial charge on any atom is 0.231 e. The average molecular weight is 189 g/mol. The molecule has 0 fully saturated rings. The molecule has 0 radical (unpaired) electrons. The van der Waals surface area contributed by atoms with Crippen molar-refractivity contribution in [2.24, 2.45) is 0 Å². The molecule has 1 amide bonds. The van der Waals surface area contributed by atoms with Gasteiger partial charge in [-0.2, -0.15) is 0 Å². The van der Waals surface area contributed by atoms with Crippen molar-refractivity contribution in [3.63, 3.8) is 0 Å². The van der Waals surface area contributed by atoms with E-state index in [0.29, 0.717) is 6.42 Å². The van der Waals surface area contributed by atoms with Gasteiger partial charge in [-0.25, -0.2) is 0 Å². The number of carbonyl (C=O) groups excluding carboxylic acids is 1. The minimum atomic E-state index is 0.243. The van der Waals surface area contributed by atoms with Gasteiger partial charge in [-0.1, -0.05) is 24.6 Å². The average Bonchev–Trinajstić information content (AvgIpc) is 2.43. The lowest BCUT2D eigenvalue weighted by Gasteiger charge is -2.16. The van der Waals surface area contributed by atoms with Gasteiger partial charge in [0, 0.05) is 12.2 Å². The van der Waals surface area contributed by atoms with E-state index in [1.807, 2.05) is 4.90 Å². The molecule has 0 saturated carbocycles. The molecule has 1 heterocycles. The van der Waals surface area contributed by atoms with Crippen LogP contribution in [0, 0.1) is 6.92 Å². The van der Waals surface area contributed by atoms with E-state index in [1.54, 1.807) is 0 Å². The Labute approximate surface area is 84.5 Å². The van der Waals surface area contributed by atoms with Crippen molar-refractivity contribution in [3.05, 3.63) is 29.3 Å². The SMILES string of the molecule is CCCN1C(=O)Cc2cc(C)ccc21. The second-order valence-electron chi connectivity index (χ2n) is 3.85. The van der Waals surface area contributed by atoms with Crippen LogP contribution < -0.4 is 4.90 Å². The number of rotatable bonds is 2. The molecule has 0 aromatic heterocycles. The summed E-state index contributed by atoms with van der Waals surface area (Å²) in [5.74, 6) is 0.243. The number of nitrogens with zero attached hydrogens (tertiary/aromatic N) is 1. The molecule has 1 aliphatic rings. The van der Waals surface area contributed by atoms with Crippen LogP contribution in [0.3, 0.4) is 0 Å². The van der Waals surface area contributed by atoms with Crippen molar-refractivity contribution >= 4 is 11.6 Å². The Bertz CT molecular complexity index is 371. The molecule has 1 aromatic carbocycles. The topological polar surface area (TPSA) is 20.3 Å². The van der Waals surface area contributed by atoms with Crippen molar-refractivity contribution in [2.45, 2.75) is 26.7 Å². The zero-order chi connectivity index (χ0) is 10.1. The monoisotopic (exact) mass is 189 g/mol. The summed E-state index contributed by atoms with van der Waals surface area (Å²) in [7, 11) is 0. The summed E-state index contributed by atoms with van der Waals surface area (Å²) >= 11 is 0. The molecule has 0 aliphatic carbocycles. The number of benzene rings is 1. The van der Waals surface area contributed by atoms with Gasteiger partial charge >= 0.3 is 0 Å². The molecular weight excluding hydrogens is 174 g/mol. The van der Waals surface area contributed by atoms with E-state index in [4.69, 9.17) is 0 Å². The molecule has 14 heavy (non-hydrogen) atoms. The van der Waals surface area contributed by atoms with Gasteiger partial charge in [0.25, 0.3) is 0 Å². The third-order valence-corrected chi connectivity index (χ3v) is 2.62. The third-order valence-electron chi connectivity index (χ3n) is 2.62. The summed E-state index contributed by atoms with van der Waals surface area (Å²) < 4.78 is 0. The van der Waals surface area contributed by atoms with Crippen molar-refractivity contribution in [2.75, 3.05) is 11.4 Å². The van der Waals surface area contributed by atoms with Gasteiger partial charge in [0.1, 0.15) is 0 Å². The second-order valence-corrected chi connectivity index (χ2v) is 3.85. The van der Waals surface area contributed by atoms with Gasteiger partial charge < -0.3 is 4.90 Å². The van der Waals surface area contributed by atoms with Crippen LogP contribution >= 0.6 is 0 Å². The number of fused-ring (bicyclic) bond motifs is 1. The van der Waals surface area contributed by atoms with Gasteiger partial charge in [0.2, 0.25) is 5.91 Å². The van der Waals surface area contributed by atoms with Crippen molar-refractivity contribution in [1.82, 2.24) is 0 Å². The van der Waals surface area contributed by atoms with Crippen LogP contribution in [0.4, 0.5) is 5.69 Å². The highest BCUT2D eigenvalue weighted by Crippen LogP contribution is 2.29. The molecule has 0 atom stereocenters. The van der Waals surface area contributed by atoms with Gasteiger partial charge in [-0.15, -0.1) is 0 Å². The first kappa shape index (κ1) is 9.25. The van der Waals surface area contributed by atoms with Crippen LogP contribution in [0.5, 0.6) is 0 Å². The predicted octanol–water partition coefficient (Wildman–Crippen LogP) is 2.29. The number of hydrogen-bond acceptors (Lipinski definition) is 1. The first-order chi connectivity index (χ1) is 6.72. The van der Waals surface area contributed by atoms with E-state index < -0.39 is 0 Å². The molecule has 1 aromatic rings. The van der Waals surface area contributed by atoms with Crippen LogP contribution in [0.25, 0.3) is 0 Å². The Balaban J connectivity index is 2.37. The molecule has 0 N–H and O–H groups in total. The lowest BCUT2D eigenvalue weighted by molar-refractivity contribution is -0.117. The van der Waals surface area contributed by atoms with Crippen molar-refractivity contribution in [1.29, 1.82) is 0 Å². The van der Waals surface area contributed by atoms with E-state index >= 15 is 0 Å². The lowest BCUT2D eigenvalue weighted by Crippen LogP contribution is -2.27. The minimum Gasteiger partial charge on any atom is -0.312 e. The Morgan fingerprint density at radius 3 is 2.93 bits per heavy atom. The summed E-state index contributed by atoms with van der Waals surface area (Å²) in [5.41, 5.74) is 3.53. The summed E-state index contributed by atoms with van der Waals surface area (Å²) in [5, 5.41) is 0. The molecule has 1 aliphatic heterocycles. The first-order valence-corrected chi connectivity index (χ1v) is 5.12. The summed E-state index contributed by atoms with van der Waals surface area (Å²) in [6.45, 7) is 5.00. The van der Waals surface area contributed by atoms with Crippen LogP contribution in [0.1, 0.15) is 24.5 Å². The highest BCUT2D eigenvalue weighted by atomic mass is 16.2. The molecule has 74 valence electrons. The number of carbonyl (C=O) groups is 1. The number of anilines is 1. The molecule has 0 saturated heterocycles. The summed E-state index contributed by atoms with van der Waals surface area (Å²) in [4.78, 5) is 13.6. The fraction of sp³-hybridized carbons (Fsp3) is 0.417. The fourth-order valence-corrected chi connectivity index (χ4v) is 1.98. The molecule has 2 heteroatoms. The molecule has 0 unspecified atom stereocenters. The van der Waals surface area contributed by atoms with E-state index in [-0.39, 0.29) is 5.91 Å². The molecule has 0 spiro atoms. The van der Waals surface area contributed by atoms with Crippen LogP contribution in [0.2, 0.25) is 0 Å². The van der Waals surface area contributed by atoms with E-state index in [0.717, 1.165) is 18.7 Å². The first-order valence-electron chi connectivity index (χ1n) is 5.12. The third kappa shape index (κ3) is 1.41. The maximum absolute atomic E-state index is 11.7. The normalized spacial score (nSPS) is 14.7. The summed E-state index contributed by atoms with van der Waals surface area (Å²) in [6, 6.07) is 6.24. The smallest absolute Gasteiger partial charge is 0.231 e. The van der Waals surface area contributed by atoms with Gasteiger partial charge in [-0.05, 0) is 25.0 Å².